The molecule has 3 aromatic rings. The zero-order chi connectivity index (χ0) is 18.1. The molecule has 132 valence electrons. The van der Waals surface area contributed by atoms with Crippen molar-refractivity contribution < 1.29 is 4.79 Å². The Kier molecular flexibility index (Phi) is 4.37. The van der Waals surface area contributed by atoms with E-state index in [9.17, 15) is 4.79 Å². The Morgan fingerprint density at radius 1 is 1.00 bits per heavy atom. The average molecular weight is 344 g/mol. The van der Waals surface area contributed by atoms with Crippen molar-refractivity contribution in [1.82, 2.24) is 0 Å². The van der Waals surface area contributed by atoms with E-state index in [1.54, 1.807) is 0 Å². The van der Waals surface area contributed by atoms with Gasteiger partial charge in [-0.05, 0) is 41.3 Å². The number of amides is 1. The van der Waals surface area contributed by atoms with E-state index in [0.29, 0.717) is 6.42 Å². The highest BCUT2D eigenvalue weighted by Crippen LogP contribution is 2.40. The number of nitrogens with one attached hydrogen (secondary N) is 2. The van der Waals surface area contributed by atoms with Crippen molar-refractivity contribution in [3.05, 3.63) is 60.2 Å². The van der Waals surface area contributed by atoms with Crippen LogP contribution < -0.4 is 10.6 Å². The van der Waals surface area contributed by atoms with Gasteiger partial charge in [-0.25, -0.2) is 0 Å². The SMILES string of the molecule is CCCc1c(-c2cccc3c2N[C@H](C)CC(=O)N3)ccc2ccccc12. The van der Waals surface area contributed by atoms with Gasteiger partial charge in [0.25, 0.3) is 0 Å². The highest BCUT2D eigenvalue weighted by molar-refractivity contribution is 6.02. The molecule has 3 nitrogen and oxygen atoms in total. The van der Waals surface area contributed by atoms with E-state index in [1.807, 2.05) is 12.1 Å². The van der Waals surface area contributed by atoms with Crippen molar-refractivity contribution >= 4 is 28.1 Å². The second-order valence-corrected chi connectivity index (χ2v) is 7.09. The van der Waals surface area contributed by atoms with Crippen molar-refractivity contribution in [3.8, 4) is 11.1 Å². The summed E-state index contributed by atoms with van der Waals surface area (Å²) in [6.07, 6.45) is 2.60. The first-order valence-electron chi connectivity index (χ1n) is 9.37. The van der Waals surface area contributed by atoms with Gasteiger partial charge in [-0.1, -0.05) is 61.9 Å². The first-order chi connectivity index (χ1) is 12.7. The molecule has 2 N–H and O–H groups in total. The Bertz CT molecular complexity index is 977. The molecular weight excluding hydrogens is 320 g/mol. The molecule has 0 fully saturated rings. The van der Waals surface area contributed by atoms with Gasteiger partial charge in [-0.2, -0.15) is 0 Å². The number of para-hydroxylation sites is 1. The fourth-order valence-corrected chi connectivity index (χ4v) is 3.92. The van der Waals surface area contributed by atoms with E-state index in [2.05, 4.69) is 66.9 Å². The molecule has 0 bridgehead atoms. The highest BCUT2D eigenvalue weighted by atomic mass is 16.1. The zero-order valence-electron chi connectivity index (χ0n) is 15.3. The topological polar surface area (TPSA) is 41.1 Å². The Morgan fingerprint density at radius 3 is 2.69 bits per heavy atom. The van der Waals surface area contributed by atoms with Gasteiger partial charge in [0.15, 0.2) is 0 Å². The van der Waals surface area contributed by atoms with Gasteiger partial charge in [0.2, 0.25) is 5.91 Å². The maximum atomic E-state index is 12.1. The van der Waals surface area contributed by atoms with Crippen LogP contribution in [-0.2, 0) is 11.2 Å². The van der Waals surface area contributed by atoms with E-state index in [-0.39, 0.29) is 11.9 Å². The Morgan fingerprint density at radius 2 is 1.85 bits per heavy atom. The summed E-state index contributed by atoms with van der Waals surface area (Å²) in [6, 6.07) is 19.3. The summed E-state index contributed by atoms with van der Waals surface area (Å²) >= 11 is 0. The number of carbonyl (C=O) groups excluding carboxylic acids is 1. The van der Waals surface area contributed by atoms with Gasteiger partial charge in [0.05, 0.1) is 11.4 Å². The first kappa shape index (κ1) is 16.6. The highest BCUT2D eigenvalue weighted by Gasteiger charge is 2.21. The van der Waals surface area contributed by atoms with Crippen molar-refractivity contribution in [2.75, 3.05) is 10.6 Å². The largest absolute Gasteiger partial charge is 0.380 e. The lowest BCUT2D eigenvalue weighted by Gasteiger charge is -2.20. The van der Waals surface area contributed by atoms with E-state index >= 15 is 0 Å². The van der Waals surface area contributed by atoms with E-state index in [0.717, 1.165) is 29.8 Å². The number of fused-ring (bicyclic) bond motifs is 2. The summed E-state index contributed by atoms with van der Waals surface area (Å²) in [5.74, 6) is 0.0631. The van der Waals surface area contributed by atoms with Crippen LogP contribution in [-0.4, -0.2) is 11.9 Å². The number of hydrogen-bond donors (Lipinski definition) is 2. The smallest absolute Gasteiger partial charge is 0.226 e. The third kappa shape index (κ3) is 2.94. The quantitative estimate of drug-likeness (QED) is 0.649. The Hall–Kier alpha value is -2.81. The van der Waals surface area contributed by atoms with Crippen LogP contribution in [0, 0.1) is 0 Å². The summed E-state index contributed by atoms with van der Waals surface area (Å²) in [5, 5.41) is 9.19. The second kappa shape index (κ2) is 6.83. The standard InChI is InChI=1S/C23H24N2O/c1-3-7-18-17-9-5-4-8-16(17)12-13-19(18)20-10-6-11-21-23(20)24-15(2)14-22(26)25-21/h4-6,8-13,15,24H,3,7,14H2,1-2H3,(H,25,26)/t15-/m1/s1. The molecule has 1 aliphatic rings. The van der Waals surface area contributed by atoms with Crippen LogP contribution in [0.5, 0.6) is 0 Å². The van der Waals surface area contributed by atoms with Crippen molar-refractivity contribution in [2.24, 2.45) is 0 Å². The summed E-state index contributed by atoms with van der Waals surface area (Å²) in [6.45, 7) is 4.27. The maximum Gasteiger partial charge on any atom is 0.226 e. The van der Waals surface area contributed by atoms with Gasteiger partial charge in [0.1, 0.15) is 0 Å². The van der Waals surface area contributed by atoms with Crippen LogP contribution >= 0.6 is 0 Å². The van der Waals surface area contributed by atoms with Crippen LogP contribution in [0.2, 0.25) is 0 Å². The number of hydrogen-bond acceptors (Lipinski definition) is 2. The fourth-order valence-electron chi connectivity index (χ4n) is 3.92. The maximum absolute atomic E-state index is 12.1. The van der Waals surface area contributed by atoms with Crippen molar-refractivity contribution in [3.63, 3.8) is 0 Å². The minimum atomic E-state index is 0.0631. The number of aryl methyl sites for hydroxylation is 1. The molecule has 1 atom stereocenters. The Balaban J connectivity index is 1.95. The lowest BCUT2D eigenvalue weighted by atomic mass is 9.90. The average Bonchev–Trinajstić information content (AvgIpc) is 2.78. The number of anilines is 2. The number of carbonyl (C=O) groups is 1. The molecule has 0 aliphatic carbocycles. The van der Waals surface area contributed by atoms with E-state index in [4.69, 9.17) is 0 Å². The van der Waals surface area contributed by atoms with Crippen molar-refractivity contribution in [2.45, 2.75) is 39.2 Å². The molecule has 0 aromatic heterocycles. The van der Waals surface area contributed by atoms with Gasteiger partial charge in [-0.15, -0.1) is 0 Å². The zero-order valence-corrected chi connectivity index (χ0v) is 15.3. The summed E-state index contributed by atoms with van der Waals surface area (Å²) in [7, 11) is 0. The monoisotopic (exact) mass is 344 g/mol. The Labute approximate surface area is 154 Å². The third-order valence-corrected chi connectivity index (χ3v) is 5.05. The van der Waals surface area contributed by atoms with Gasteiger partial charge in [-0.3, -0.25) is 4.79 Å². The molecule has 1 heterocycles. The molecule has 3 heteroatoms. The van der Waals surface area contributed by atoms with Gasteiger partial charge >= 0.3 is 0 Å². The summed E-state index contributed by atoms with van der Waals surface area (Å²) in [5.41, 5.74) is 5.68. The number of benzene rings is 3. The first-order valence-corrected chi connectivity index (χ1v) is 9.37. The minimum absolute atomic E-state index is 0.0631. The second-order valence-electron chi connectivity index (χ2n) is 7.09. The van der Waals surface area contributed by atoms with Crippen molar-refractivity contribution in [1.29, 1.82) is 0 Å². The molecule has 0 saturated carbocycles. The molecular formula is C23H24N2O. The molecule has 0 spiro atoms. The normalized spacial score (nSPS) is 16.5. The third-order valence-electron chi connectivity index (χ3n) is 5.05. The predicted octanol–water partition coefficient (Wildman–Crippen LogP) is 5.60. The molecule has 0 radical (unpaired) electrons. The van der Waals surface area contributed by atoms with Crippen LogP contribution in [0.1, 0.15) is 32.3 Å². The van der Waals surface area contributed by atoms with Crippen LogP contribution in [0.3, 0.4) is 0 Å². The van der Waals surface area contributed by atoms with E-state index < -0.39 is 0 Å². The molecule has 0 unspecified atom stereocenters. The summed E-state index contributed by atoms with van der Waals surface area (Å²) < 4.78 is 0. The van der Waals surface area contributed by atoms with Crippen LogP contribution in [0.25, 0.3) is 21.9 Å². The molecule has 1 amide bonds. The van der Waals surface area contributed by atoms with Crippen LogP contribution in [0.15, 0.2) is 54.6 Å². The molecule has 0 saturated heterocycles. The van der Waals surface area contributed by atoms with Gasteiger partial charge < -0.3 is 10.6 Å². The minimum Gasteiger partial charge on any atom is -0.380 e. The van der Waals surface area contributed by atoms with E-state index in [1.165, 1.54) is 21.9 Å². The fraction of sp³-hybridized carbons (Fsp3) is 0.261. The van der Waals surface area contributed by atoms with Gasteiger partial charge in [0, 0.05) is 18.0 Å². The van der Waals surface area contributed by atoms with Crippen LogP contribution in [0.4, 0.5) is 11.4 Å². The molecule has 4 rings (SSSR count). The lowest BCUT2D eigenvalue weighted by Crippen LogP contribution is -2.19. The number of rotatable bonds is 3. The lowest BCUT2D eigenvalue weighted by molar-refractivity contribution is -0.116. The molecule has 26 heavy (non-hydrogen) atoms. The summed E-state index contributed by atoms with van der Waals surface area (Å²) in [4.78, 5) is 12.1. The molecule has 3 aromatic carbocycles. The predicted molar refractivity (Wildman–Crippen MR) is 110 cm³/mol. The molecule has 1 aliphatic heterocycles.